The van der Waals surface area contributed by atoms with Crippen molar-refractivity contribution in [2.24, 2.45) is 10.7 Å². The Hall–Kier alpha value is -1.69. The van der Waals surface area contributed by atoms with Crippen molar-refractivity contribution in [3.8, 4) is 0 Å². The summed E-state index contributed by atoms with van der Waals surface area (Å²) in [5.74, 6) is 0.307. The van der Waals surface area contributed by atoms with Gasteiger partial charge in [-0.05, 0) is 41.8 Å². The summed E-state index contributed by atoms with van der Waals surface area (Å²) in [6.07, 6.45) is 0.947. The SMILES string of the molecule is CCc1cccc(NC(N)=NCc2ccc(S(=O)(=O)NCCOC)cc2)c1.I. The summed E-state index contributed by atoms with van der Waals surface area (Å²) < 4.78 is 31.5. The van der Waals surface area contributed by atoms with Crippen molar-refractivity contribution in [3.63, 3.8) is 0 Å². The first kappa shape index (κ1) is 24.3. The average Bonchev–Trinajstić information content (AvgIpc) is 2.67. The first-order valence-electron chi connectivity index (χ1n) is 8.68. The highest BCUT2D eigenvalue weighted by atomic mass is 127. The van der Waals surface area contributed by atoms with Crippen LogP contribution in [0.4, 0.5) is 5.69 Å². The molecule has 0 radical (unpaired) electrons. The molecule has 0 heterocycles. The Morgan fingerprint density at radius 1 is 1.14 bits per heavy atom. The standard InChI is InChI=1S/C19H26N4O3S.HI/c1-3-15-5-4-6-17(13-15)23-19(20)21-14-16-7-9-18(10-8-16)27(24,25)22-11-12-26-2;/h4-10,13,22H,3,11-12,14H2,1-2H3,(H3,20,21,23);1H. The molecule has 0 fully saturated rings. The number of benzene rings is 2. The van der Waals surface area contributed by atoms with Crippen LogP contribution in [0.5, 0.6) is 0 Å². The van der Waals surface area contributed by atoms with E-state index in [1.54, 1.807) is 24.3 Å². The van der Waals surface area contributed by atoms with Crippen molar-refractivity contribution in [3.05, 3.63) is 59.7 Å². The number of rotatable bonds is 9. The van der Waals surface area contributed by atoms with Gasteiger partial charge in [0.05, 0.1) is 18.0 Å². The number of anilines is 1. The Balaban J connectivity index is 0.00000392. The van der Waals surface area contributed by atoms with Crippen LogP contribution < -0.4 is 15.8 Å². The number of halogens is 1. The second-order valence-electron chi connectivity index (χ2n) is 5.91. The molecule has 0 aliphatic carbocycles. The van der Waals surface area contributed by atoms with E-state index in [-0.39, 0.29) is 35.4 Å². The van der Waals surface area contributed by atoms with Gasteiger partial charge in [-0.2, -0.15) is 0 Å². The lowest BCUT2D eigenvalue weighted by Crippen LogP contribution is -2.27. The number of methoxy groups -OCH3 is 1. The van der Waals surface area contributed by atoms with Gasteiger partial charge in [0.15, 0.2) is 5.96 Å². The van der Waals surface area contributed by atoms with Gasteiger partial charge in [-0.1, -0.05) is 31.2 Å². The predicted octanol–water partition coefficient (Wildman–Crippen LogP) is 2.72. The van der Waals surface area contributed by atoms with E-state index in [9.17, 15) is 8.42 Å². The Kier molecular flexibility index (Phi) is 10.4. The summed E-state index contributed by atoms with van der Waals surface area (Å²) in [4.78, 5) is 4.50. The number of aryl methyl sites for hydroxylation is 1. The van der Waals surface area contributed by atoms with E-state index in [4.69, 9.17) is 10.5 Å². The summed E-state index contributed by atoms with van der Waals surface area (Å²) in [5, 5.41) is 3.06. The lowest BCUT2D eigenvalue weighted by atomic mass is 10.1. The molecule has 7 nitrogen and oxygen atoms in total. The molecule has 0 aromatic heterocycles. The van der Waals surface area contributed by atoms with E-state index in [1.165, 1.54) is 12.7 Å². The second kappa shape index (κ2) is 12.0. The van der Waals surface area contributed by atoms with Crippen LogP contribution in [0.25, 0.3) is 0 Å². The van der Waals surface area contributed by atoms with E-state index in [0.717, 1.165) is 17.7 Å². The summed E-state index contributed by atoms with van der Waals surface area (Å²) in [5.41, 5.74) is 8.89. The fourth-order valence-corrected chi connectivity index (χ4v) is 3.38. The van der Waals surface area contributed by atoms with E-state index >= 15 is 0 Å². The summed E-state index contributed by atoms with van der Waals surface area (Å²) in [7, 11) is -2.01. The van der Waals surface area contributed by atoms with Gasteiger partial charge < -0.3 is 15.8 Å². The quantitative estimate of drug-likeness (QED) is 0.205. The van der Waals surface area contributed by atoms with Crippen LogP contribution in [0.3, 0.4) is 0 Å². The molecule has 4 N–H and O–H groups in total. The number of sulfonamides is 1. The molecule has 9 heteroatoms. The number of nitrogens with two attached hydrogens (primary N) is 1. The van der Waals surface area contributed by atoms with Gasteiger partial charge in [-0.15, -0.1) is 24.0 Å². The van der Waals surface area contributed by atoms with E-state index in [2.05, 4.69) is 28.0 Å². The number of hydrogen-bond donors (Lipinski definition) is 3. The number of hydrogen-bond acceptors (Lipinski definition) is 4. The molecule has 0 bridgehead atoms. The van der Waals surface area contributed by atoms with Gasteiger partial charge >= 0.3 is 0 Å². The zero-order valence-electron chi connectivity index (χ0n) is 16.0. The molecule has 28 heavy (non-hydrogen) atoms. The van der Waals surface area contributed by atoms with Gasteiger partial charge in [0.2, 0.25) is 10.0 Å². The summed E-state index contributed by atoms with van der Waals surface area (Å²) >= 11 is 0. The highest BCUT2D eigenvalue weighted by Gasteiger charge is 2.12. The third-order valence-corrected chi connectivity index (χ3v) is 5.35. The van der Waals surface area contributed by atoms with Crippen LogP contribution in [-0.2, 0) is 27.7 Å². The van der Waals surface area contributed by atoms with Crippen LogP contribution >= 0.6 is 24.0 Å². The lowest BCUT2D eigenvalue weighted by molar-refractivity contribution is 0.204. The summed E-state index contributed by atoms with van der Waals surface area (Å²) in [6, 6.07) is 14.5. The van der Waals surface area contributed by atoms with Gasteiger partial charge in [0, 0.05) is 19.3 Å². The first-order chi connectivity index (χ1) is 12.9. The first-order valence-corrected chi connectivity index (χ1v) is 10.2. The fourth-order valence-electron chi connectivity index (χ4n) is 2.37. The van der Waals surface area contributed by atoms with Crippen LogP contribution in [-0.4, -0.2) is 34.6 Å². The number of nitrogens with zero attached hydrogens (tertiary/aromatic N) is 1. The van der Waals surface area contributed by atoms with E-state index < -0.39 is 10.0 Å². The molecule has 0 aliphatic rings. The third-order valence-electron chi connectivity index (χ3n) is 3.87. The van der Waals surface area contributed by atoms with Crippen LogP contribution in [0.1, 0.15) is 18.1 Å². The maximum absolute atomic E-state index is 12.1. The minimum Gasteiger partial charge on any atom is -0.383 e. The molecule has 0 unspecified atom stereocenters. The Bertz CT molecular complexity index is 871. The van der Waals surface area contributed by atoms with Gasteiger partial charge in [-0.3, -0.25) is 0 Å². The smallest absolute Gasteiger partial charge is 0.240 e. The Morgan fingerprint density at radius 3 is 2.50 bits per heavy atom. The van der Waals surface area contributed by atoms with E-state index in [0.29, 0.717) is 19.1 Å². The highest BCUT2D eigenvalue weighted by molar-refractivity contribution is 14.0. The molecule has 0 spiro atoms. The number of guanidine groups is 1. The molecule has 2 aromatic rings. The number of aliphatic imine (C=N–C) groups is 1. The maximum Gasteiger partial charge on any atom is 0.240 e. The van der Waals surface area contributed by atoms with Crippen molar-refractivity contribution in [2.75, 3.05) is 25.6 Å². The van der Waals surface area contributed by atoms with Crippen molar-refractivity contribution in [2.45, 2.75) is 24.8 Å². The van der Waals surface area contributed by atoms with Gasteiger partial charge in [0.1, 0.15) is 0 Å². The molecule has 0 saturated carbocycles. The molecule has 0 amide bonds. The zero-order chi connectivity index (χ0) is 19.7. The van der Waals surface area contributed by atoms with Crippen LogP contribution in [0.15, 0.2) is 58.4 Å². The zero-order valence-corrected chi connectivity index (χ0v) is 19.2. The monoisotopic (exact) mass is 518 g/mol. The van der Waals surface area contributed by atoms with Crippen molar-refractivity contribution in [1.82, 2.24) is 4.72 Å². The molecule has 2 aromatic carbocycles. The third kappa shape index (κ3) is 7.74. The average molecular weight is 518 g/mol. The van der Waals surface area contributed by atoms with Crippen molar-refractivity contribution in [1.29, 1.82) is 0 Å². The Morgan fingerprint density at radius 2 is 1.86 bits per heavy atom. The molecule has 154 valence electrons. The molecular weight excluding hydrogens is 491 g/mol. The largest absolute Gasteiger partial charge is 0.383 e. The topological polar surface area (TPSA) is 106 Å². The predicted molar refractivity (Wildman–Crippen MR) is 124 cm³/mol. The Labute approximate surface area is 183 Å². The number of nitrogens with one attached hydrogen (secondary N) is 2. The minimum atomic E-state index is -3.53. The van der Waals surface area contributed by atoms with E-state index in [1.807, 2.05) is 18.2 Å². The summed E-state index contributed by atoms with van der Waals surface area (Å²) in [6.45, 7) is 2.99. The fraction of sp³-hybridized carbons (Fsp3) is 0.316. The van der Waals surface area contributed by atoms with Crippen LogP contribution in [0.2, 0.25) is 0 Å². The van der Waals surface area contributed by atoms with Crippen LogP contribution in [0, 0.1) is 0 Å². The van der Waals surface area contributed by atoms with Crippen molar-refractivity contribution >= 4 is 45.6 Å². The second-order valence-corrected chi connectivity index (χ2v) is 7.68. The van der Waals surface area contributed by atoms with Gasteiger partial charge in [0.25, 0.3) is 0 Å². The van der Waals surface area contributed by atoms with Gasteiger partial charge in [-0.25, -0.2) is 18.1 Å². The molecule has 0 saturated heterocycles. The molecule has 0 atom stereocenters. The number of ether oxygens (including phenoxy) is 1. The highest BCUT2D eigenvalue weighted by Crippen LogP contribution is 2.12. The molecular formula is C19H27IN4O3S. The van der Waals surface area contributed by atoms with Crippen molar-refractivity contribution < 1.29 is 13.2 Å². The molecule has 0 aliphatic heterocycles. The lowest BCUT2D eigenvalue weighted by Gasteiger charge is -2.08. The normalized spacial score (nSPS) is 11.7. The minimum absolute atomic E-state index is 0. The maximum atomic E-state index is 12.1. The molecule has 2 rings (SSSR count).